The Morgan fingerprint density at radius 1 is 0.980 bits per heavy atom. The average molecular weight is 691 g/mol. The van der Waals surface area contributed by atoms with Gasteiger partial charge in [0.15, 0.2) is 11.9 Å². The lowest BCUT2D eigenvalue weighted by Crippen LogP contribution is -2.77. The van der Waals surface area contributed by atoms with E-state index in [4.69, 9.17) is 23.4 Å². The average Bonchev–Trinajstić information content (AvgIpc) is 3.34. The van der Waals surface area contributed by atoms with Crippen molar-refractivity contribution >= 4 is 17.7 Å². The van der Waals surface area contributed by atoms with E-state index in [1.807, 2.05) is 26.8 Å². The van der Waals surface area contributed by atoms with E-state index in [0.29, 0.717) is 43.6 Å². The molecule has 0 unspecified atom stereocenters. The quantitative estimate of drug-likeness (QED) is 0.237. The number of aliphatic hydroxyl groups excluding tert-OH is 1. The van der Waals surface area contributed by atoms with E-state index in [2.05, 4.69) is 29.7 Å². The van der Waals surface area contributed by atoms with Gasteiger partial charge in [0, 0.05) is 47.5 Å². The fourth-order valence-corrected chi connectivity index (χ4v) is 13.9. The Labute approximate surface area is 292 Å². The lowest BCUT2D eigenvalue weighted by Gasteiger charge is -2.68. The number of Topliss-reactive ketones (excluding diaryl/α,β-unsaturated/α-hetero) is 1. The van der Waals surface area contributed by atoms with E-state index in [0.717, 1.165) is 43.8 Å². The summed E-state index contributed by atoms with van der Waals surface area (Å²) in [4.78, 5) is 42.0. The molecule has 3 N–H and O–H groups in total. The van der Waals surface area contributed by atoms with Gasteiger partial charge in [-0.3, -0.25) is 14.9 Å². The van der Waals surface area contributed by atoms with Crippen molar-refractivity contribution in [2.24, 2.45) is 51.8 Å². The van der Waals surface area contributed by atoms with E-state index in [-0.39, 0.29) is 30.2 Å². The van der Waals surface area contributed by atoms with Crippen molar-refractivity contribution in [3.05, 3.63) is 35.8 Å². The zero-order chi connectivity index (χ0) is 34.6. The van der Waals surface area contributed by atoms with Crippen LogP contribution in [0, 0.1) is 51.8 Å². The summed E-state index contributed by atoms with van der Waals surface area (Å²) in [6.07, 6.45) is 8.79. The fraction of sp³-hybridized carbons (Fsp3) is 0.769. The zero-order valence-corrected chi connectivity index (χ0v) is 29.4. The first-order valence-corrected chi connectivity index (χ1v) is 19.0. The number of hydrogen-bond donors (Lipinski definition) is 3. The molecule has 1 aromatic rings. The van der Waals surface area contributed by atoms with Crippen molar-refractivity contribution in [2.45, 2.75) is 114 Å². The second kappa shape index (κ2) is 10.3. The highest BCUT2D eigenvalue weighted by Gasteiger charge is 2.92. The van der Waals surface area contributed by atoms with Gasteiger partial charge in [-0.15, -0.1) is 0 Å². The largest absolute Gasteiger partial charge is 0.469 e. The number of esters is 2. The number of hydrogen-bond acceptors (Lipinski definition) is 11. The number of aryl methyl sites for hydroxylation is 1. The molecular weight excluding hydrogens is 640 g/mol. The van der Waals surface area contributed by atoms with Crippen LogP contribution in [-0.4, -0.2) is 78.2 Å². The lowest BCUT2D eigenvalue weighted by atomic mass is 9.34. The first kappa shape index (κ1) is 32.1. The van der Waals surface area contributed by atoms with Crippen LogP contribution in [0.25, 0.3) is 0 Å². The lowest BCUT2D eigenvalue weighted by molar-refractivity contribution is -0.266. The number of furan rings is 1. The van der Waals surface area contributed by atoms with E-state index in [1.165, 1.54) is 0 Å². The Balaban J connectivity index is 1.02. The molecule has 1 aromatic heterocycles. The maximum Gasteiger partial charge on any atom is 0.339 e. The van der Waals surface area contributed by atoms with Crippen LogP contribution in [0.3, 0.4) is 0 Å². The minimum absolute atomic E-state index is 0.00440. The van der Waals surface area contributed by atoms with Crippen molar-refractivity contribution in [3.63, 3.8) is 0 Å². The van der Waals surface area contributed by atoms with Gasteiger partial charge in [-0.25, -0.2) is 4.79 Å². The topological polar surface area (TPSA) is 149 Å². The standard InChI is InChI=1S/C39H50N2O9/c1-35(2)28-26(42)29(43)37(4)27-21(10-11-23-31(49-35)38(27,28)17-47-33(23)44)15-36(3)30(48-34(45)32-39(36,37)50-32)22-13-14-46-25(22)12-7-19-5-8-20(9-6-19)24-16-40-18-41-24/h5,8,13-14,19-21,23-24,27-32,40-41,43H,6-7,9-12,15-18H2,1-4H3/t19-,20-,21+,23-,24+,27-,28+,29+,30-,31-,32+,36-,37-,38+,39+/m0/s1. The van der Waals surface area contributed by atoms with Crippen LogP contribution in [0.4, 0.5) is 0 Å². The molecule has 8 fully saturated rings. The summed E-state index contributed by atoms with van der Waals surface area (Å²) >= 11 is 0. The second-order valence-electron chi connectivity index (χ2n) is 18.1. The summed E-state index contributed by atoms with van der Waals surface area (Å²) in [5, 5.41) is 19.4. The molecule has 0 radical (unpaired) electrons. The first-order valence-electron chi connectivity index (χ1n) is 19.0. The van der Waals surface area contributed by atoms with Crippen molar-refractivity contribution in [1.82, 2.24) is 10.6 Å². The second-order valence-corrected chi connectivity index (χ2v) is 18.1. The fourth-order valence-electron chi connectivity index (χ4n) is 13.9. The number of epoxide rings is 1. The number of ether oxygens (including phenoxy) is 4. The first-order chi connectivity index (χ1) is 23.9. The van der Waals surface area contributed by atoms with Gasteiger partial charge in [0.05, 0.1) is 29.8 Å². The molecule has 5 aliphatic heterocycles. The molecule has 11 nitrogen and oxygen atoms in total. The van der Waals surface area contributed by atoms with Gasteiger partial charge in [-0.05, 0) is 82.1 Å². The summed E-state index contributed by atoms with van der Waals surface area (Å²) in [5.41, 5.74) is -3.96. The van der Waals surface area contributed by atoms with Crippen molar-refractivity contribution in [1.29, 1.82) is 0 Å². The normalized spacial score (nSPS) is 52.3. The highest BCUT2D eigenvalue weighted by Crippen LogP contribution is 2.82. The number of ketones is 1. The number of rotatable bonds is 5. The molecule has 2 bridgehead atoms. The molecule has 2 spiro atoms. The maximum absolute atomic E-state index is 14.7. The summed E-state index contributed by atoms with van der Waals surface area (Å²) in [6.45, 7) is 9.86. The van der Waals surface area contributed by atoms with Crippen LogP contribution in [0.1, 0.15) is 83.6 Å². The predicted octanol–water partition coefficient (Wildman–Crippen LogP) is 3.39. The van der Waals surface area contributed by atoms with Crippen LogP contribution in [-0.2, 0) is 39.8 Å². The summed E-state index contributed by atoms with van der Waals surface area (Å²) in [7, 11) is 0. The Kier molecular flexibility index (Phi) is 6.62. The molecule has 5 saturated heterocycles. The molecular formula is C39H50N2O9. The van der Waals surface area contributed by atoms with Crippen molar-refractivity contribution in [3.8, 4) is 0 Å². The highest BCUT2D eigenvalue weighted by atomic mass is 16.7. The zero-order valence-electron chi connectivity index (χ0n) is 29.4. The number of allylic oxidation sites excluding steroid dienone is 1. The van der Waals surface area contributed by atoms with Gasteiger partial charge >= 0.3 is 11.9 Å². The Hall–Kier alpha value is -2.57. The van der Waals surface area contributed by atoms with Crippen molar-refractivity contribution < 1.29 is 42.9 Å². The van der Waals surface area contributed by atoms with E-state index >= 15 is 0 Å². The van der Waals surface area contributed by atoms with Crippen molar-refractivity contribution in [2.75, 3.05) is 19.8 Å². The maximum atomic E-state index is 14.7. The summed E-state index contributed by atoms with van der Waals surface area (Å²) in [6, 6.07) is 2.42. The Morgan fingerprint density at radius 2 is 1.82 bits per heavy atom. The molecule has 4 aliphatic carbocycles. The molecule has 270 valence electrons. The summed E-state index contributed by atoms with van der Waals surface area (Å²) in [5.74, 6) is -0.646. The smallest absolute Gasteiger partial charge is 0.339 e. The SMILES string of the molecule is CC1(C)O[C@H]2[C@@H]3CC[C@@H]4C[C@@]5(C)[C@H](c6ccoc6CC[C@H]6C=C[C@H]([C@H]7CNCN7)CC6)OC(=O)[C@H]6O[C@]65[C@]5(C)[C@H](O)C(=O)[C@H]1[C@@]2(COC3=O)[C@@H]45. The number of aliphatic hydroxyl groups is 1. The van der Waals surface area contributed by atoms with Gasteiger partial charge in [0.2, 0.25) is 0 Å². The minimum atomic E-state index is -1.39. The van der Waals surface area contributed by atoms with E-state index in [1.54, 1.807) is 6.26 Å². The van der Waals surface area contributed by atoms with Crippen LogP contribution in [0.2, 0.25) is 0 Å². The van der Waals surface area contributed by atoms with Gasteiger partial charge in [0.1, 0.15) is 30.2 Å². The predicted molar refractivity (Wildman–Crippen MR) is 176 cm³/mol. The molecule has 0 aromatic carbocycles. The van der Waals surface area contributed by atoms with Crippen LogP contribution in [0.15, 0.2) is 28.9 Å². The third-order valence-electron chi connectivity index (χ3n) is 15.6. The van der Waals surface area contributed by atoms with Gasteiger partial charge in [-0.2, -0.15) is 0 Å². The third kappa shape index (κ3) is 3.71. The van der Waals surface area contributed by atoms with Gasteiger partial charge in [0.25, 0.3) is 0 Å². The Bertz CT molecular complexity index is 1680. The molecule has 0 amide bonds. The molecule has 3 saturated carbocycles. The van der Waals surface area contributed by atoms with Crippen LogP contribution in [0.5, 0.6) is 0 Å². The van der Waals surface area contributed by atoms with Gasteiger partial charge in [-0.1, -0.05) is 26.0 Å². The van der Waals surface area contributed by atoms with E-state index < -0.39 is 69.7 Å². The number of nitrogens with one attached hydrogen (secondary N) is 2. The molecule has 10 rings (SSSR count). The number of cyclic esters (lactones) is 2. The van der Waals surface area contributed by atoms with Gasteiger partial charge < -0.3 is 33.8 Å². The minimum Gasteiger partial charge on any atom is -0.469 e. The van der Waals surface area contributed by atoms with Crippen LogP contribution < -0.4 is 10.6 Å². The Morgan fingerprint density at radius 3 is 2.58 bits per heavy atom. The van der Waals surface area contributed by atoms with E-state index in [9.17, 15) is 19.5 Å². The molecule has 6 heterocycles. The molecule has 50 heavy (non-hydrogen) atoms. The number of carbonyl (C=O) groups is 3. The number of carbonyl (C=O) groups excluding carboxylic acids is 3. The monoisotopic (exact) mass is 690 g/mol. The third-order valence-corrected chi connectivity index (χ3v) is 15.6. The summed E-state index contributed by atoms with van der Waals surface area (Å²) < 4.78 is 31.9. The highest BCUT2D eigenvalue weighted by molar-refractivity contribution is 5.92. The molecule has 15 atom stereocenters. The van der Waals surface area contributed by atoms with Crippen LogP contribution >= 0.6 is 0 Å². The molecule has 9 aliphatic rings. The molecule has 11 heteroatoms.